The number of rotatable bonds is 7. The van der Waals surface area contributed by atoms with Crippen molar-refractivity contribution in [1.29, 1.82) is 0 Å². The predicted octanol–water partition coefficient (Wildman–Crippen LogP) is 12.5. The quantitative estimate of drug-likeness (QED) is 0.200. The van der Waals surface area contributed by atoms with Crippen molar-refractivity contribution in [3.8, 4) is 12.3 Å². The van der Waals surface area contributed by atoms with E-state index in [1.54, 1.807) is 0 Å². The SMILES string of the molecule is C.C.C.C.C.C.C#C/C(C(=C)CC(C(=C)C)c1ccccc1)=C(/C=C(\C)c1ccc(C)cc1)C(C)(C)C. The normalized spacial score (nSPS) is 11.5. The molecule has 0 saturated carbocycles. The van der Waals surface area contributed by atoms with E-state index >= 15 is 0 Å². The highest BCUT2D eigenvalue weighted by Gasteiger charge is 2.23. The van der Waals surface area contributed by atoms with E-state index in [4.69, 9.17) is 6.42 Å². The fourth-order valence-corrected chi connectivity index (χ4v) is 3.76. The van der Waals surface area contributed by atoms with Crippen LogP contribution in [0.5, 0.6) is 0 Å². The minimum atomic E-state index is -0.109. The van der Waals surface area contributed by atoms with E-state index in [9.17, 15) is 0 Å². The van der Waals surface area contributed by atoms with Gasteiger partial charge in [-0.2, -0.15) is 0 Å². The van der Waals surface area contributed by atoms with E-state index in [2.05, 4.69) is 115 Å². The number of benzene rings is 2. The van der Waals surface area contributed by atoms with Gasteiger partial charge in [0, 0.05) is 11.5 Å². The van der Waals surface area contributed by atoms with Gasteiger partial charge in [0.15, 0.2) is 0 Å². The Balaban J connectivity index is -0.000000569. The van der Waals surface area contributed by atoms with Gasteiger partial charge in [0.2, 0.25) is 0 Å². The van der Waals surface area contributed by atoms with Gasteiger partial charge in [0.05, 0.1) is 0 Å². The number of aryl methyl sites for hydroxylation is 1. The van der Waals surface area contributed by atoms with Crippen LogP contribution >= 0.6 is 0 Å². The summed E-state index contributed by atoms with van der Waals surface area (Å²) in [6, 6.07) is 19.1. The third-order valence-electron chi connectivity index (χ3n) is 5.69. The molecule has 0 aliphatic rings. The van der Waals surface area contributed by atoms with E-state index in [0.717, 1.165) is 28.7 Å². The first-order valence-electron chi connectivity index (χ1n) is 10.9. The summed E-state index contributed by atoms with van der Waals surface area (Å²) in [6.07, 6.45) is 9.07. The lowest BCUT2D eigenvalue weighted by atomic mass is 9.78. The summed E-state index contributed by atoms with van der Waals surface area (Å²) < 4.78 is 0. The smallest absolute Gasteiger partial charge is 0.0306 e. The lowest BCUT2D eigenvalue weighted by molar-refractivity contribution is 0.514. The highest BCUT2D eigenvalue weighted by Crippen LogP contribution is 2.37. The maximum absolute atomic E-state index is 6.08. The van der Waals surface area contributed by atoms with Crippen molar-refractivity contribution in [3.05, 3.63) is 113 Å². The molecule has 0 N–H and O–H groups in total. The molecule has 0 radical (unpaired) electrons. The predicted molar refractivity (Wildman–Crippen MR) is 178 cm³/mol. The third kappa shape index (κ3) is 12.2. The van der Waals surface area contributed by atoms with Crippen molar-refractivity contribution >= 4 is 5.57 Å². The van der Waals surface area contributed by atoms with Crippen molar-refractivity contribution in [3.63, 3.8) is 0 Å². The topological polar surface area (TPSA) is 0 Å². The fraction of sp³-hybridized carbons (Fsp3) is 0.405. The average Bonchev–Trinajstić information content (AvgIpc) is 2.72. The van der Waals surface area contributed by atoms with E-state index in [1.807, 2.05) is 6.07 Å². The van der Waals surface area contributed by atoms with Crippen LogP contribution in [0, 0.1) is 24.7 Å². The summed E-state index contributed by atoms with van der Waals surface area (Å²) >= 11 is 0. The maximum Gasteiger partial charge on any atom is 0.0306 e. The van der Waals surface area contributed by atoms with Gasteiger partial charge >= 0.3 is 0 Å². The highest BCUT2D eigenvalue weighted by molar-refractivity contribution is 5.69. The second-order valence-electron chi connectivity index (χ2n) is 9.49. The minimum absolute atomic E-state index is 0. The van der Waals surface area contributed by atoms with E-state index in [1.165, 1.54) is 22.3 Å². The molecule has 0 saturated heterocycles. The van der Waals surface area contributed by atoms with Gasteiger partial charge in [-0.05, 0) is 60.5 Å². The van der Waals surface area contributed by atoms with Gasteiger partial charge in [-0.25, -0.2) is 0 Å². The van der Waals surface area contributed by atoms with Crippen LogP contribution in [-0.2, 0) is 0 Å². The summed E-state index contributed by atoms with van der Waals surface area (Å²) in [6.45, 7) is 21.6. The molecule has 0 nitrogen and oxygen atoms in total. The van der Waals surface area contributed by atoms with Crippen LogP contribution < -0.4 is 0 Å². The van der Waals surface area contributed by atoms with Gasteiger partial charge in [-0.15, -0.1) is 6.42 Å². The first-order chi connectivity index (χ1) is 14.5. The monoisotopic (exact) mass is 504 g/mol. The number of hydrogen-bond acceptors (Lipinski definition) is 0. The molecular formula is C37H60. The zero-order chi connectivity index (χ0) is 23.2. The van der Waals surface area contributed by atoms with Crippen molar-refractivity contribution in [2.75, 3.05) is 0 Å². The minimum Gasteiger partial charge on any atom is -0.115 e. The van der Waals surface area contributed by atoms with Crippen LogP contribution in [0.25, 0.3) is 5.57 Å². The lowest BCUT2D eigenvalue weighted by Crippen LogP contribution is -2.12. The second-order valence-corrected chi connectivity index (χ2v) is 9.49. The molecule has 0 amide bonds. The molecule has 0 spiro atoms. The molecule has 37 heavy (non-hydrogen) atoms. The number of allylic oxidation sites excluding steroid dienone is 6. The van der Waals surface area contributed by atoms with Gasteiger partial charge < -0.3 is 0 Å². The molecule has 0 heterocycles. The summed E-state index contributed by atoms with van der Waals surface area (Å²) in [5.41, 5.74) is 8.95. The maximum atomic E-state index is 6.08. The standard InChI is InChI=1S/C31H36.6CH4/c1-10-28(25(6)20-29(22(2)3)27-14-12-11-13-15-27)30(31(7,8)9)21-24(5)26-18-16-23(4)17-19-26;;;;;;/h1,11-19,21,29H,2,6,20H2,3-5,7-9H3;6*1H4/b24-21+,30-28+;;;;;;. The fourth-order valence-electron chi connectivity index (χ4n) is 3.76. The first kappa shape index (κ1) is 44.0. The Kier molecular flexibility index (Phi) is 22.7. The molecule has 0 fully saturated rings. The Morgan fingerprint density at radius 2 is 1.35 bits per heavy atom. The van der Waals surface area contributed by atoms with Crippen molar-refractivity contribution < 1.29 is 0 Å². The second kappa shape index (κ2) is 19.1. The molecule has 1 unspecified atom stereocenters. The zero-order valence-corrected chi connectivity index (χ0v) is 20.0. The van der Waals surface area contributed by atoms with Crippen LogP contribution in [0.3, 0.4) is 0 Å². The van der Waals surface area contributed by atoms with Gasteiger partial charge in [-0.1, -0.05) is 156 Å². The summed E-state index contributed by atoms with van der Waals surface area (Å²) in [5.74, 6) is 3.17. The first-order valence-corrected chi connectivity index (χ1v) is 10.9. The molecule has 0 aromatic heterocycles. The van der Waals surface area contributed by atoms with Crippen LogP contribution in [-0.4, -0.2) is 0 Å². The molecule has 1 atom stereocenters. The van der Waals surface area contributed by atoms with Crippen LogP contribution in [0.15, 0.2) is 96.1 Å². The molecule has 0 heteroatoms. The van der Waals surface area contributed by atoms with Crippen molar-refractivity contribution in [2.45, 2.75) is 98.4 Å². The van der Waals surface area contributed by atoms with Gasteiger partial charge in [-0.3, -0.25) is 0 Å². The van der Waals surface area contributed by atoms with E-state index in [0.29, 0.717) is 0 Å². The lowest BCUT2D eigenvalue weighted by Gasteiger charge is -2.26. The number of hydrogen-bond donors (Lipinski definition) is 0. The Morgan fingerprint density at radius 3 is 1.76 bits per heavy atom. The van der Waals surface area contributed by atoms with Gasteiger partial charge in [0.1, 0.15) is 0 Å². The highest BCUT2D eigenvalue weighted by atomic mass is 14.3. The molecule has 2 rings (SSSR count). The molecule has 2 aromatic rings. The Hall–Kier alpha value is -3.04. The van der Waals surface area contributed by atoms with E-state index in [-0.39, 0.29) is 55.9 Å². The van der Waals surface area contributed by atoms with Crippen LogP contribution in [0.2, 0.25) is 0 Å². The van der Waals surface area contributed by atoms with Crippen LogP contribution in [0.4, 0.5) is 0 Å². The molecular weight excluding hydrogens is 444 g/mol. The van der Waals surface area contributed by atoms with Crippen LogP contribution in [0.1, 0.15) is 108 Å². The molecule has 0 bridgehead atoms. The van der Waals surface area contributed by atoms with E-state index < -0.39 is 0 Å². The molecule has 0 aliphatic carbocycles. The summed E-state index contributed by atoms with van der Waals surface area (Å²) in [4.78, 5) is 0. The molecule has 208 valence electrons. The molecule has 0 aliphatic heterocycles. The Bertz CT molecular complexity index is 1030. The molecule has 2 aromatic carbocycles. The van der Waals surface area contributed by atoms with Crippen molar-refractivity contribution in [1.82, 2.24) is 0 Å². The summed E-state index contributed by atoms with van der Waals surface area (Å²) in [5, 5.41) is 0. The Morgan fingerprint density at radius 1 is 0.865 bits per heavy atom. The average molecular weight is 505 g/mol. The number of terminal acetylenes is 1. The Labute approximate surface area is 234 Å². The van der Waals surface area contributed by atoms with Crippen molar-refractivity contribution in [2.24, 2.45) is 5.41 Å². The van der Waals surface area contributed by atoms with Gasteiger partial charge in [0.25, 0.3) is 0 Å². The third-order valence-corrected chi connectivity index (χ3v) is 5.69. The zero-order valence-electron chi connectivity index (χ0n) is 20.0. The summed E-state index contributed by atoms with van der Waals surface area (Å²) in [7, 11) is 0. The largest absolute Gasteiger partial charge is 0.115 e.